The van der Waals surface area contributed by atoms with Gasteiger partial charge in [-0.05, 0) is 48.1 Å². The highest BCUT2D eigenvalue weighted by molar-refractivity contribution is 5.67. The summed E-state index contributed by atoms with van der Waals surface area (Å²) in [6, 6.07) is 8.32. The lowest BCUT2D eigenvalue weighted by Gasteiger charge is -2.44. The Hall–Kier alpha value is -1.69. The van der Waals surface area contributed by atoms with Crippen LogP contribution in [0.5, 0.6) is 5.75 Å². The van der Waals surface area contributed by atoms with Gasteiger partial charge in [0.2, 0.25) is 0 Å². The highest BCUT2D eigenvalue weighted by atomic mass is 16.5. The number of para-hydroxylation sites is 1. The molecule has 1 unspecified atom stereocenters. The second kappa shape index (κ2) is 4.66. The number of benzene rings is 1. The monoisotopic (exact) mass is 284 g/mol. The van der Waals surface area contributed by atoms with Crippen molar-refractivity contribution in [1.82, 2.24) is 0 Å². The number of nitrogens with zero attached hydrogens (tertiary/aromatic N) is 1. The Morgan fingerprint density at radius 2 is 2.10 bits per heavy atom. The van der Waals surface area contributed by atoms with Gasteiger partial charge in [0.05, 0.1) is 18.4 Å². The fraction of sp³-hybridized carbons (Fsp3) is 0.611. The van der Waals surface area contributed by atoms with Gasteiger partial charge in [0.15, 0.2) is 0 Å². The van der Waals surface area contributed by atoms with Crippen LogP contribution in [0.4, 0.5) is 5.69 Å². The van der Waals surface area contributed by atoms with Crippen LogP contribution in [0.3, 0.4) is 0 Å². The van der Waals surface area contributed by atoms with E-state index in [2.05, 4.69) is 32.2 Å². The molecule has 2 aliphatic rings. The molecule has 2 saturated carbocycles. The van der Waals surface area contributed by atoms with E-state index in [-0.39, 0.29) is 5.41 Å². The minimum absolute atomic E-state index is 0.251. The molecule has 2 bridgehead atoms. The summed E-state index contributed by atoms with van der Waals surface area (Å²) in [6.45, 7) is 7.11. The standard InChI is InChI=1S/C18H24N2O/c1-17(2)13-8-9-18(3,10-13)16(17)20-15-12(11-19)6-5-7-14(15)21-4/h5-7,13,16,20H,8-10H2,1-4H3/t13-,16?,18+/m0/s1. The van der Waals surface area contributed by atoms with E-state index < -0.39 is 0 Å². The first-order chi connectivity index (χ1) is 9.92. The van der Waals surface area contributed by atoms with Gasteiger partial charge in [-0.1, -0.05) is 26.8 Å². The number of anilines is 1. The van der Waals surface area contributed by atoms with Gasteiger partial charge in [-0.2, -0.15) is 5.26 Å². The molecule has 0 spiro atoms. The van der Waals surface area contributed by atoms with Crippen LogP contribution in [-0.2, 0) is 0 Å². The number of fused-ring (bicyclic) bond motifs is 2. The summed E-state index contributed by atoms with van der Waals surface area (Å²) in [5, 5.41) is 13.1. The molecule has 3 nitrogen and oxygen atoms in total. The van der Waals surface area contributed by atoms with Gasteiger partial charge in [-0.3, -0.25) is 0 Å². The summed E-state index contributed by atoms with van der Waals surface area (Å²) in [6.07, 6.45) is 3.89. The van der Waals surface area contributed by atoms with E-state index in [9.17, 15) is 5.26 Å². The van der Waals surface area contributed by atoms with E-state index in [1.54, 1.807) is 7.11 Å². The largest absolute Gasteiger partial charge is 0.495 e. The van der Waals surface area contributed by atoms with Crippen molar-refractivity contribution in [3.63, 3.8) is 0 Å². The van der Waals surface area contributed by atoms with E-state index in [1.807, 2.05) is 18.2 Å². The average Bonchev–Trinajstić information content (AvgIpc) is 2.94. The van der Waals surface area contributed by atoms with Crippen LogP contribution in [0.2, 0.25) is 0 Å². The lowest BCUT2D eigenvalue weighted by molar-refractivity contribution is 0.155. The summed E-state index contributed by atoms with van der Waals surface area (Å²) >= 11 is 0. The number of rotatable bonds is 3. The molecule has 0 aromatic heterocycles. The van der Waals surface area contributed by atoms with Gasteiger partial charge in [0.25, 0.3) is 0 Å². The predicted molar refractivity (Wildman–Crippen MR) is 84.3 cm³/mol. The molecule has 3 rings (SSSR count). The fourth-order valence-electron chi connectivity index (χ4n) is 4.75. The summed E-state index contributed by atoms with van der Waals surface area (Å²) in [4.78, 5) is 0. The molecule has 2 fully saturated rings. The number of hydrogen-bond acceptors (Lipinski definition) is 3. The van der Waals surface area contributed by atoms with E-state index in [0.29, 0.717) is 17.0 Å². The van der Waals surface area contributed by atoms with Crippen molar-refractivity contribution < 1.29 is 4.74 Å². The first kappa shape index (κ1) is 14.3. The Morgan fingerprint density at radius 3 is 2.67 bits per heavy atom. The summed E-state index contributed by atoms with van der Waals surface area (Å²) < 4.78 is 5.47. The Kier molecular flexibility index (Phi) is 3.16. The van der Waals surface area contributed by atoms with E-state index in [4.69, 9.17) is 4.74 Å². The van der Waals surface area contributed by atoms with Crippen LogP contribution in [0.15, 0.2) is 18.2 Å². The minimum atomic E-state index is 0.251. The van der Waals surface area contributed by atoms with Gasteiger partial charge in [-0.15, -0.1) is 0 Å². The van der Waals surface area contributed by atoms with Crippen LogP contribution < -0.4 is 10.1 Å². The number of ether oxygens (including phenoxy) is 1. The molecular weight excluding hydrogens is 260 g/mol. The topological polar surface area (TPSA) is 45.0 Å². The highest BCUT2D eigenvalue weighted by Gasteiger charge is 2.59. The van der Waals surface area contributed by atoms with Crippen molar-refractivity contribution in [3.8, 4) is 11.8 Å². The number of hydrogen-bond donors (Lipinski definition) is 1. The molecule has 0 heterocycles. The average molecular weight is 284 g/mol. The number of methoxy groups -OCH3 is 1. The van der Waals surface area contributed by atoms with Gasteiger partial charge in [-0.25, -0.2) is 0 Å². The molecule has 0 radical (unpaired) electrons. The van der Waals surface area contributed by atoms with Gasteiger partial charge < -0.3 is 10.1 Å². The zero-order valence-electron chi connectivity index (χ0n) is 13.4. The highest BCUT2D eigenvalue weighted by Crippen LogP contribution is 2.63. The Balaban J connectivity index is 2.00. The SMILES string of the molecule is COc1cccc(C#N)c1NC1C(C)(C)[C@H]2CC[C@]1(C)C2. The predicted octanol–water partition coefficient (Wildman–Crippen LogP) is 4.19. The van der Waals surface area contributed by atoms with Gasteiger partial charge in [0.1, 0.15) is 11.8 Å². The summed E-state index contributed by atoms with van der Waals surface area (Å²) in [5.41, 5.74) is 2.09. The zero-order valence-corrected chi connectivity index (χ0v) is 13.4. The molecule has 0 aliphatic heterocycles. The Labute approximate surface area is 127 Å². The first-order valence-corrected chi connectivity index (χ1v) is 7.76. The summed E-state index contributed by atoms with van der Waals surface area (Å²) in [5.74, 6) is 1.54. The third-order valence-electron chi connectivity index (χ3n) is 5.93. The summed E-state index contributed by atoms with van der Waals surface area (Å²) in [7, 11) is 1.66. The third-order valence-corrected chi connectivity index (χ3v) is 5.93. The van der Waals surface area contributed by atoms with Crippen LogP contribution >= 0.6 is 0 Å². The molecule has 2 aliphatic carbocycles. The van der Waals surface area contributed by atoms with E-state index in [0.717, 1.165) is 17.4 Å². The normalized spacial score (nSPS) is 32.7. The van der Waals surface area contributed by atoms with Crippen molar-refractivity contribution >= 4 is 5.69 Å². The first-order valence-electron chi connectivity index (χ1n) is 7.76. The smallest absolute Gasteiger partial charge is 0.143 e. The second-order valence-electron chi connectivity index (χ2n) is 7.49. The molecule has 1 aromatic rings. The maximum absolute atomic E-state index is 9.39. The maximum Gasteiger partial charge on any atom is 0.143 e. The van der Waals surface area contributed by atoms with Crippen molar-refractivity contribution in [2.75, 3.05) is 12.4 Å². The van der Waals surface area contributed by atoms with Crippen LogP contribution in [0.25, 0.3) is 0 Å². The van der Waals surface area contributed by atoms with Crippen LogP contribution in [0, 0.1) is 28.1 Å². The van der Waals surface area contributed by atoms with Crippen molar-refractivity contribution in [1.29, 1.82) is 5.26 Å². The second-order valence-corrected chi connectivity index (χ2v) is 7.49. The van der Waals surface area contributed by atoms with Crippen LogP contribution in [-0.4, -0.2) is 13.2 Å². The third kappa shape index (κ3) is 2.00. The molecule has 0 saturated heterocycles. The number of nitrogens with one attached hydrogen (secondary N) is 1. The quantitative estimate of drug-likeness (QED) is 0.905. The molecule has 1 N–H and O–H groups in total. The van der Waals surface area contributed by atoms with Crippen molar-refractivity contribution in [2.45, 2.75) is 46.1 Å². The molecule has 112 valence electrons. The minimum Gasteiger partial charge on any atom is -0.495 e. The Morgan fingerprint density at radius 1 is 1.33 bits per heavy atom. The van der Waals surface area contributed by atoms with Crippen molar-refractivity contribution in [3.05, 3.63) is 23.8 Å². The molecule has 21 heavy (non-hydrogen) atoms. The fourth-order valence-corrected chi connectivity index (χ4v) is 4.75. The van der Waals surface area contributed by atoms with E-state index in [1.165, 1.54) is 19.3 Å². The number of nitriles is 1. The van der Waals surface area contributed by atoms with E-state index >= 15 is 0 Å². The lowest BCUT2D eigenvalue weighted by atomic mass is 9.68. The van der Waals surface area contributed by atoms with Crippen LogP contribution in [0.1, 0.15) is 45.6 Å². The molecule has 3 atom stereocenters. The van der Waals surface area contributed by atoms with Gasteiger partial charge in [0, 0.05) is 6.04 Å². The lowest BCUT2D eigenvalue weighted by Crippen LogP contribution is -2.46. The Bertz CT molecular complexity index is 597. The molecule has 3 heteroatoms. The van der Waals surface area contributed by atoms with Crippen molar-refractivity contribution in [2.24, 2.45) is 16.7 Å². The molecule has 1 aromatic carbocycles. The maximum atomic E-state index is 9.39. The molecule has 0 amide bonds. The zero-order chi connectivity index (χ0) is 15.3. The molecular formula is C18H24N2O. The van der Waals surface area contributed by atoms with Gasteiger partial charge >= 0.3 is 0 Å².